The molecule has 0 saturated carbocycles. The number of hydrogen-bond acceptors (Lipinski definition) is 4. The van der Waals surface area contributed by atoms with E-state index >= 15 is 0 Å². The zero-order valence-corrected chi connectivity index (χ0v) is 10.8. The predicted molar refractivity (Wildman–Crippen MR) is 68.3 cm³/mol. The summed E-state index contributed by atoms with van der Waals surface area (Å²) in [4.78, 5) is 13.5. The van der Waals surface area contributed by atoms with Gasteiger partial charge in [-0.15, -0.1) is 0 Å². The van der Waals surface area contributed by atoms with Crippen molar-refractivity contribution in [2.75, 3.05) is 20.3 Å². The molecule has 2 atom stereocenters. The summed E-state index contributed by atoms with van der Waals surface area (Å²) in [6.07, 6.45) is 0.422. The molecule has 0 bridgehead atoms. The molecule has 1 aromatic rings. The van der Waals surface area contributed by atoms with E-state index < -0.39 is 6.10 Å². The molecule has 0 radical (unpaired) electrons. The van der Waals surface area contributed by atoms with Gasteiger partial charge in [0.25, 0.3) is 0 Å². The predicted octanol–water partition coefficient (Wildman–Crippen LogP) is 0.592. The van der Waals surface area contributed by atoms with Crippen molar-refractivity contribution < 1.29 is 19.4 Å². The Kier molecular flexibility index (Phi) is 3.06. The standard InChI is InChI=1S/C14H17NO4/c1-18-12-4-2-3-9-5-10(8-19-14(9)12)15-7-11(16)6-13(15)17/h2-4,10-11,16H,5-8H2,1H3. The van der Waals surface area contributed by atoms with E-state index in [2.05, 4.69) is 0 Å². The van der Waals surface area contributed by atoms with Gasteiger partial charge in [-0.05, 0) is 12.5 Å². The van der Waals surface area contributed by atoms with E-state index in [1.807, 2.05) is 18.2 Å². The molecule has 19 heavy (non-hydrogen) atoms. The van der Waals surface area contributed by atoms with Crippen molar-refractivity contribution in [3.8, 4) is 11.5 Å². The summed E-state index contributed by atoms with van der Waals surface area (Å²) in [5.74, 6) is 1.50. The highest BCUT2D eigenvalue weighted by atomic mass is 16.5. The first kappa shape index (κ1) is 12.3. The largest absolute Gasteiger partial charge is 0.493 e. The van der Waals surface area contributed by atoms with Crippen molar-refractivity contribution in [2.45, 2.75) is 25.0 Å². The Labute approximate surface area is 111 Å². The number of aliphatic hydroxyl groups is 1. The smallest absolute Gasteiger partial charge is 0.225 e. The van der Waals surface area contributed by atoms with Gasteiger partial charge in [0.15, 0.2) is 11.5 Å². The van der Waals surface area contributed by atoms with Gasteiger partial charge in [0.1, 0.15) is 6.61 Å². The Balaban J connectivity index is 1.81. The first-order chi connectivity index (χ1) is 9.19. The van der Waals surface area contributed by atoms with Gasteiger partial charge in [0.2, 0.25) is 5.91 Å². The third-order valence-corrected chi connectivity index (χ3v) is 3.73. The van der Waals surface area contributed by atoms with Gasteiger partial charge in [-0.25, -0.2) is 0 Å². The molecular formula is C14H17NO4. The van der Waals surface area contributed by atoms with Crippen molar-refractivity contribution >= 4 is 5.91 Å². The molecule has 0 aromatic heterocycles. The number of hydrogen-bond donors (Lipinski definition) is 1. The molecule has 2 unspecified atom stereocenters. The van der Waals surface area contributed by atoms with Crippen LogP contribution in [0.25, 0.3) is 0 Å². The quantitative estimate of drug-likeness (QED) is 0.848. The first-order valence-corrected chi connectivity index (χ1v) is 6.45. The number of carbonyl (C=O) groups is 1. The van der Waals surface area contributed by atoms with Crippen LogP contribution in [0.1, 0.15) is 12.0 Å². The van der Waals surface area contributed by atoms with Crippen LogP contribution in [0.4, 0.5) is 0 Å². The molecule has 5 heteroatoms. The van der Waals surface area contributed by atoms with E-state index in [0.717, 1.165) is 23.5 Å². The van der Waals surface area contributed by atoms with Crippen molar-refractivity contribution in [3.05, 3.63) is 23.8 Å². The number of amides is 1. The normalized spacial score (nSPS) is 26.0. The van der Waals surface area contributed by atoms with Crippen LogP contribution in [0.2, 0.25) is 0 Å². The molecule has 1 N–H and O–H groups in total. The molecule has 0 spiro atoms. The second kappa shape index (κ2) is 4.74. The summed E-state index contributed by atoms with van der Waals surface area (Å²) >= 11 is 0. The summed E-state index contributed by atoms with van der Waals surface area (Å²) in [6, 6.07) is 5.78. The van der Waals surface area contributed by atoms with Crippen LogP contribution in [0, 0.1) is 0 Å². The van der Waals surface area contributed by atoms with Crippen molar-refractivity contribution in [3.63, 3.8) is 0 Å². The molecule has 1 aromatic carbocycles. The molecule has 1 saturated heterocycles. The number of para-hydroxylation sites is 1. The fraction of sp³-hybridized carbons (Fsp3) is 0.500. The van der Waals surface area contributed by atoms with Gasteiger partial charge in [0, 0.05) is 12.1 Å². The summed E-state index contributed by atoms with van der Waals surface area (Å²) in [7, 11) is 1.62. The topological polar surface area (TPSA) is 59.0 Å². The molecule has 2 heterocycles. The number of ether oxygens (including phenoxy) is 2. The Morgan fingerprint density at radius 1 is 1.42 bits per heavy atom. The average Bonchev–Trinajstić information content (AvgIpc) is 2.76. The van der Waals surface area contributed by atoms with E-state index in [9.17, 15) is 9.90 Å². The van der Waals surface area contributed by atoms with Gasteiger partial charge in [-0.1, -0.05) is 12.1 Å². The number of carbonyl (C=O) groups excluding carboxylic acids is 1. The Bertz CT molecular complexity index is 502. The first-order valence-electron chi connectivity index (χ1n) is 6.45. The van der Waals surface area contributed by atoms with Gasteiger partial charge in [0.05, 0.1) is 25.7 Å². The van der Waals surface area contributed by atoms with E-state index in [-0.39, 0.29) is 18.4 Å². The lowest BCUT2D eigenvalue weighted by atomic mass is 10.0. The highest BCUT2D eigenvalue weighted by Gasteiger charge is 2.36. The third-order valence-electron chi connectivity index (χ3n) is 3.73. The van der Waals surface area contributed by atoms with Crippen LogP contribution in [0.3, 0.4) is 0 Å². The minimum atomic E-state index is -0.542. The number of likely N-dealkylation sites (tertiary alicyclic amines) is 1. The Morgan fingerprint density at radius 3 is 2.95 bits per heavy atom. The monoisotopic (exact) mass is 263 g/mol. The van der Waals surface area contributed by atoms with Crippen LogP contribution in [-0.2, 0) is 11.2 Å². The third kappa shape index (κ3) is 2.14. The number of methoxy groups -OCH3 is 1. The number of nitrogens with zero attached hydrogens (tertiary/aromatic N) is 1. The minimum absolute atomic E-state index is 0.00394. The molecule has 1 fully saturated rings. The molecule has 2 aliphatic heterocycles. The molecule has 3 rings (SSSR count). The second-order valence-corrected chi connectivity index (χ2v) is 5.02. The zero-order chi connectivity index (χ0) is 13.4. The molecule has 1 amide bonds. The zero-order valence-electron chi connectivity index (χ0n) is 10.8. The molecule has 5 nitrogen and oxygen atoms in total. The summed E-state index contributed by atoms with van der Waals surface area (Å²) in [6.45, 7) is 0.859. The summed E-state index contributed by atoms with van der Waals surface area (Å²) < 4.78 is 11.0. The maximum atomic E-state index is 11.8. The maximum absolute atomic E-state index is 11.8. The second-order valence-electron chi connectivity index (χ2n) is 5.02. The minimum Gasteiger partial charge on any atom is -0.493 e. The highest BCUT2D eigenvalue weighted by Crippen LogP contribution is 2.36. The van der Waals surface area contributed by atoms with Crippen molar-refractivity contribution in [2.24, 2.45) is 0 Å². The van der Waals surface area contributed by atoms with Crippen LogP contribution in [0.15, 0.2) is 18.2 Å². The lowest BCUT2D eigenvalue weighted by molar-refractivity contribution is -0.130. The van der Waals surface area contributed by atoms with E-state index in [4.69, 9.17) is 9.47 Å². The average molecular weight is 263 g/mol. The Hall–Kier alpha value is -1.75. The molecule has 2 aliphatic rings. The summed E-state index contributed by atoms with van der Waals surface area (Å²) in [5, 5.41) is 9.55. The molecule has 0 aliphatic carbocycles. The van der Waals surface area contributed by atoms with Crippen molar-refractivity contribution in [1.82, 2.24) is 4.90 Å². The molecular weight excluding hydrogens is 246 g/mol. The highest BCUT2D eigenvalue weighted by molar-refractivity contribution is 5.79. The van der Waals surface area contributed by atoms with Gasteiger partial charge in [-0.2, -0.15) is 0 Å². The van der Waals surface area contributed by atoms with Gasteiger partial charge in [-0.3, -0.25) is 4.79 Å². The van der Waals surface area contributed by atoms with Crippen LogP contribution < -0.4 is 9.47 Å². The number of β-amino-alcohol motifs (C(OH)–C–C–N with tert-alkyl or cyclic N) is 1. The lowest BCUT2D eigenvalue weighted by Crippen LogP contribution is -2.44. The lowest BCUT2D eigenvalue weighted by Gasteiger charge is -2.32. The Morgan fingerprint density at radius 2 is 2.26 bits per heavy atom. The van der Waals surface area contributed by atoms with Gasteiger partial charge >= 0.3 is 0 Å². The van der Waals surface area contributed by atoms with Crippen molar-refractivity contribution in [1.29, 1.82) is 0 Å². The number of rotatable bonds is 2. The molecule has 102 valence electrons. The van der Waals surface area contributed by atoms with E-state index in [1.54, 1.807) is 12.0 Å². The number of benzene rings is 1. The van der Waals surface area contributed by atoms with Gasteiger partial charge < -0.3 is 19.5 Å². The number of aliphatic hydroxyl groups excluding tert-OH is 1. The fourth-order valence-corrected chi connectivity index (χ4v) is 2.80. The number of fused-ring (bicyclic) bond motifs is 1. The maximum Gasteiger partial charge on any atom is 0.225 e. The summed E-state index contributed by atoms with van der Waals surface area (Å²) in [5.41, 5.74) is 1.05. The van der Waals surface area contributed by atoms with Crippen LogP contribution in [0.5, 0.6) is 11.5 Å². The fourth-order valence-electron chi connectivity index (χ4n) is 2.80. The van der Waals surface area contributed by atoms with Crippen LogP contribution >= 0.6 is 0 Å². The van der Waals surface area contributed by atoms with E-state index in [0.29, 0.717) is 13.2 Å². The SMILES string of the molecule is COc1cccc2c1OCC(N1CC(O)CC1=O)C2. The van der Waals surface area contributed by atoms with Crippen LogP contribution in [-0.4, -0.2) is 48.3 Å². The van der Waals surface area contributed by atoms with E-state index in [1.165, 1.54) is 0 Å².